The van der Waals surface area contributed by atoms with Gasteiger partial charge < -0.3 is 15.5 Å². The van der Waals surface area contributed by atoms with Crippen molar-refractivity contribution >= 4 is 11.4 Å². The van der Waals surface area contributed by atoms with Gasteiger partial charge in [-0.25, -0.2) is 0 Å². The zero-order chi connectivity index (χ0) is 11.4. The molecule has 16 heavy (non-hydrogen) atoms. The van der Waals surface area contributed by atoms with Crippen molar-refractivity contribution in [1.82, 2.24) is 0 Å². The minimum atomic E-state index is -0.0334. The number of para-hydroxylation sites is 1. The van der Waals surface area contributed by atoms with Gasteiger partial charge >= 0.3 is 0 Å². The molecule has 4 nitrogen and oxygen atoms in total. The first-order valence-corrected chi connectivity index (χ1v) is 5.46. The number of hydrogen-bond acceptors (Lipinski definition) is 4. The highest BCUT2D eigenvalue weighted by atomic mass is 16.6. The first kappa shape index (κ1) is 11.0. The highest BCUT2D eigenvalue weighted by molar-refractivity contribution is 5.91. The van der Waals surface area contributed by atoms with Crippen molar-refractivity contribution in [3.63, 3.8) is 0 Å². The van der Waals surface area contributed by atoms with Crippen LogP contribution >= 0.6 is 0 Å². The Balaban J connectivity index is 2.05. The first-order chi connectivity index (χ1) is 7.81. The molecule has 0 aromatic heterocycles. The van der Waals surface area contributed by atoms with E-state index in [4.69, 9.17) is 10.6 Å². The fourth-order valence-corrected chi connectivity index (χ4v) is 1.97. The van der Waals surface area contributed by atoms with E-state index in [1.807, 2.05) is 18.2 Å². The van der Waals surface area contributed by atoms with Crippen LogP contribution in [0.3, 0.4) is 0 Å². The van der Waals surface area contributed by atoms with E-state index in [0.717, 1.165) is 25.2 Å². The third-order valence-corrected chi connectivity index (χ3v) is 2.81. The molecule has 1 unspecified atom stereocenters. The van der Waals surface area contributed by atoms with Gasteiger partial charge in [-0.05, 0) is 12.1 Å². The lowest BCUT2D eigenvalue weighted by atomic mass is 10.0. The van der Waals surface area contributed by atoms with E-state index in [0.29, 0.717) is 0 Å². The quantitative estimate of drug-likeness (QED) is 0.761. The number of benzene rings is 1. The molecule has 0 amide bonds. The maximum atomic E-state index is 6.04. The van der Waals surface area contributed by atoms with E-state index in [9.17, 15) is 0 Å². The van der Waals surface area contributed by atoms with Gasteiger partial charge in [0.1, 0.15) is 7.11 Å². The maximum absolute atomic E-state index is 6.04. The van der Waals surface area contributed by atoms with Crippen LogP contribution in [0.25, 0.3) is 0 Å². The van der Waals surface area contributed by atoms with Gasteiger partial charge in [0.15, 0.2) is 0 Å². The molecule has 1 aliphatic rings. The molecule has 1 aromatic carbocycles. The molecule has 0 bridgehead atoms. The largest absolute Gasteiger partial charge is 0.399 e. The summed E-state index contributed by atoms with van der Waals surface area (Å²) in [7, 11) is 1.56. The van der Waals surface area contributed by atoms with Crippen LogP contribution < -0.4 is 10.6 Å². The van der Waals surface area contributed by atoms with Crippen molar-refractivity contribution in [2.24, 2.45) is 10.9 Å². The highest BCUT2D eigenvalue weighted by Gasteiger charge is 2.23. The molecular formula is C12H17N3O. The van der Waals surface area contributed by atoms with Gasteiger partial charge in [0.05, 0.1) is 11.8 Å². The Morgan fingerprint density at radius 3 is 2.75 bits per heavy atom. The summed E-state index contributed by atoms with van der Waals surface area (Å²) in [5, 5.41) is 3.96. The summed E-state index contributed by atoms with van der Waals surface area (Å²) in [6.45, 7) is 1.74. The summed E-state index contributed by atoms with van der Waals surface area (Å²) in [5.74, 6) is 0. The van der Waals surface area contributed by atoms with E-state index in [1.54, 1.807) is 7.11 Å². The van der Waals surface area contributed by atoms with Crippen LogP contribution in [0.2, 0.25) is 0 Å². The lowest BCUT2D eigenvalue weighted by Gasteiger charge is -2.33. The van der Waals surface area contributed by atoms with Crippen molar-refractivity contribution in [2.45, 2.75) is 12.5 Å². The average molecular weight is 219 g/mol. The Bertz CT molecular complexity index is 364. The number of rotatable bonds is 2. The zero-order valence-electron chi connectivity index (χ0n) is 9.47. The fraction of sp³-hybridized carbons (Fsp3) is 0.417. The van der Waals surface area contributed by atoms with Crippen molar-refractivity contribution in [1.29, 1.82) is 0 Å². The second-order valence-corrected chi connectivity index (χ2v) is 3.90. The Labute approximate surface area is 95.7 Å². The molecule has 4 heteroatoms. The monoisotopic (exact) mass is 219 g/mol. The number of piperidine rings is 1. The molecule has 0 aliphatic carbocycles. The Morgan fingerprint density at radius 2 is 2.12 bits per heavy atom. The average Bonchev–Trinajstić information content (AvgIpc) is 2.33. The molecule has 2 rings (SSSR count). The van der Waals surface area contributed by atoms with Crippen LogP contribution in [-0.2, 0) is 4.84 Å². The van der Waals surface area contributed by atoms with E-state index in [1.165, 1.54) is 5.69 Å². The Kier molecular flexibility index (Phi) is 3.41. The van der Waals surface area contributed by atoms with Crippen molar-refractivity contribution in [2.75, 3.05) is 25.1 Å². The molecule has 1 heterocycles. The molecule has 1 fully saturated rings. The van der Waals surface area contributed by atoms with Crippen LogP contribution in [0.1, 0.15) is 6.42 Å². The van der Waals surface area contributed by atoms with Crippen molar-refractivity contribution in [3.8, 4) is 0 Å². The van der Waals surface area contributed by atoms with Crippen LogP contribution in [0.5, 0.6) is 0 Å². The van der Waals surface area contributed by atoms with Crippen molar-refractivity contribution < 1.29 is 4.84 Å². The second-order valence-electron chi connectivity index (χ2n) is 3.90. The summed E-state index contributed by atoms with van der Waals surface area (Å²) in [5.41, 5.74) is 8.21. The molecule has 86 valence electrons. The fourth-order valence-electron chi connectivity index (χ4n) is 1.97. The Hall–Kier alpha value is -1.55. The van der Waals surface area contributed by atoms with E-state index < -0.39 is 0 Å². The molecule has 1 atom stereocenters. The van der Waals surface area contributed by atoms with E-state index >= 15 is 0 Å². The van der Waals surface area contributed by atoms with Gasteiger partial charge in [0.2, 0.25) is 0 Å². The van der Waals surface area contributed by atoms with Gasteiger partial charge in [-0.1, -0.05) is 23.4 Å². The zero-order valence-corrected chi connectivity index (χ0v) is 9.47. The van der Waals surface area contributed by atoms with Gasteiger partial charge in [-0.2, -0.15) is 0 Å². The molecule has 0 spiro atoms. The smallest absolute Gasteiger partial charge is 0.106 e. The topological polar surface area (TPSA) is 50.8 Å². The standard InChI is InChI=1S/C12H17N3O/c1-16-14-12-7-8-15(9-11(12)13)10-5-3-2-4-6-10/h2-6,11H,7-9,13H2,1H3. The second kappa shape index (κ2) is 4.99. The minimum absolute atomic E-state index is 0.0334. The molecule has 1 aromatic rings. The number of nitrogens with zero attached hydrogens (tertiary/aromatic N) is 2. The molecular weight excluding hydrogens is 202 g/mol. The summed E-state index contributed by atoms with van der Waals surface area (Å²) < 4.78 is 0. The molecule has 0 radical (unpaired) electrons. The Morgan fingerprint density at radius 1 is 1.38 bits per heavy atom. The lowest BCUT2D eigenvalue weighted by Crippen LogP contribution is -2.49. The van der Waals surface area contributed by atoms with Crippen LogP contribution in [0, 0.1) is 0 Å². The normalized spacial score (nSPS) is 23.5. The highest BCUT2D eigenvalue weighted by Crippen LogP contribution is 2.17. The predicted octanol–water partition coefficient (Wildman–Crippen LogP) is 1.23. The predicted molar refractivity (Wildman–Crippen MR) is 65.7 cm³/mol. The van der Waals surface area contributed by atoms with Gasteiger partial charge in [-0.3, -0.25) is 0 Å². The molecule has 0 saturated carbocycles. The summed E-state index contributed by atoms with van der Waals surface area (Å²) in [4.78, 5) is 7.06. The van der Waals surface area contributed by atoms with Gasteiger partial charge in [0, 0.05) is 25.2 Å². The minimum Gasteiger partial charge on any atom is -0.399 e. The van der Waals surface area contributed by atoms with E-state index in [-0.39, 0.29) is 6.04 Å². The third-order valence-electron chi connectivity index (χ3n) is 2.81. The van der Waals surface area contributed by atoms with Gasteiger partial charge in [0.25, 0.3) is 0 Å². The number of anilines is 1. The first-order valence-electron chi connectivity index (χ1n) is 5.46. The molecule has 2 N–H and O–H groups in total. The van der Waals surface area contributed by atoms with Crippen LogP contribution in [0.4, 0.5) is 5.69 Å². The summed E-state index contributed by atoms with van der Waals surface area (Å²) in [6, 6.07) is 10.3. The van der Waals surface area contributed by atoms with Gasteiger partial charge in [-0.15, -0.1) is 0 Å². The number of nitrogens with two attached hydrogens (primary N) is 1. The third kappa shape index (κ3) is 2.33. The lowest BCUT2D eigenvalue weighted by molar-refractivity contribution is 0.210. The SMILES string of the molecule is CON=C1CCN(c2ccccc2)CC1N. The maximum Gasteiger partial charge on any atom is 0.106 e. The number of oxime groups is 1. The van der Waals surface area contributed by atoms with Crippen LogP contribution in [-0.4, -0.2) is 32.0 Å². The molecule has 1 saturated heterocycles. The van der Waals surface area contributed by atoms with E-state index in [2.05, 4.69) is 22.2 Å². The van der Waals surface area contributed by atoms with Crippen LogP contribution in [0.15, 0.2) is 35.5 Å². The summed E-state index contributed by atoms with van der Waals surface area (Å²) in [6.07, 6.45) is 0.865. The molecule has 1 aliphatic heterocycles. The summed E-state index contributed by atoms with van der Waals surface area (Å²) >= 11 is 0. The number of hydrogen-bond donors (Lipinski definition) is 1. The van der Waals surface area contributed by atoms with Crippen molar-refractivity contribution in [3.05, 3.63) is 30.3 Å².